The minimum Gasteiger partial charge on any atom is -0.395 e. The smallest absolute Gasteiger partial charge is 0.235 e. The van der Waals surface area contributed by atoms with Crippen molar-refractivity contribution in [3.63, 3.8) is 0 Å². The highest BCUT2D eigenvalue weighted by Crippen LogP contribution is 2.18. The van der Waals surface area contributed by atoms with E-state index in [2.05, 4.69) is 51.2 Å². The number of hydrogen-bond acceptors (Lipinski definition) is 3. The second kappa shape index (κ2) is 9.04. The van der Waals surface area contributed by atoms with Gasteiger partial charge in [-0.1, -0.05) is 19.4 Å². The fourth-order valence-electron chi connectivity index (χ4n) is 1.85. The van der Waals surface area contributed by atoms with E-state index >= 15 is 0 Å². The van der Waals surface area contributed by atoms with E-state index in [4.69, 9.17) is 8.85 Å². The summed E-state index contributed by atoms with van der Waals surface area (Å²) in [6.45, 7) is 17.0. The molecular formula is C14H33NO3Si3. The van der Waals surface area contributed by atoms with Crippen LogP contribution in [-0.4, -0.2) is 37.4 Å². The van der Waals surface area contributed by atoms with E-state index in [1.165, 1.54) is 0 Å². The Hall–Kier alpha value is -0.219. The quantitative estimate of drug-likeness (QED) is 0.395. The first-order chi connectivity index (χ1) is 9.48. The average Bonchev–Trinajstić information content (AvgIpc) is 2.24. The predicted octanol–water partition coefficient (Wildman–Crippen LogP) is 3.38. The highest BCUT2D eigenvalue weighted by Gasteiger charge is 2.34. The Morgan fingerprint density at radius 2 is 1.62 bits per heavy atom. The van der Waals surface area contributed by atoms with Gasteiger partial charge in [-0.05, 0) is 58.3 Å². The molecule has 0 aromatic rings. The molecule has 0 spiro atoms. The van der Waals surface area contributed by atoms with Gasteiger partial charge in [0.2, 0.25) is 14.9 Å². The molecule has 1 unspecified atom stereocenters. The number of amides is 1. The molecule has 4 nitrogen and oxygen atoms in total. The van der Waals surface area contributed by atoms with Crippen molar-refractivity contribution >= 4 is 31.5 Å². The molecule has 0 aliphatic rings. The van der Waals surface area contributed by atoms with Gasteiger partial charge in [-0.3, -0.25) is 4.79 Å². The van der Waals surface area contributed by atoms with Crippen LogP contribution >= 0.6 is 0 Å². The van der Waals surface area contributed by atoms with Gasteiger partial charge in [0.25, 0.3) is 0 Å². The lowest BCUT2D eigenvalue weighted by atomic mass is 10.5. The van der Waals surface area contributed by atoms with E-state index in [1.807, 2.05) is 6.92 Å². The van der Waals surface area contributed by atoms with E-state index in [1.54, 1.807) is 12.2 Å². The van der Waals surface area contributed by atoms with Gasteiger partial charge in [0.15, 0.2) is 16.6 Å². The second-order valence-corrected chi connectivity index (χ2v) is 18.8. The molecule has 7 heteroatoms. The van der Waals surface area contributed by atoms with Crippen LogP contribution in [0.15, 0.2) is 12.2 Å². The molecule has 1 amide bonds. The van der Waals surface area contributed by atoms with Crippen molar-refractivity contribution in [2.45, 2.75) is 71.5 Å². The van der Waals surface area contributed by atoms with Crippen LogP contribution in [0.1, 0.15) is 20.3 Å². The maximum absolute atomic E-state index is 11.9. The molecule has 0 saturated heterocycles. The first kappa shape index (κ1) is 20.8. The molecule has 0 bridgehead atoms. The molecule has 21 heavy (non-hydrogen) atoms. The second-order valence-electron chi connectivity index (χ2n) is 7.23. The Bertz CT molecular complexity index is 332. The van der Waals surface area contributed by atoms with Crippen molar-refractivity contribution in [2.24, 2.45) is 0 Å². The third-order valence-corrected chi connectivity index (χ3v) is 7.72. The minimum atomic E-state index is -1.72. The van der Waals surface area contributed by atoms with E-state index in [9.17, 15) is 4.79 Å². The average molecular weight is 348 g/mol. The molecule has 0 saturated carbocycles. The number of hydrogen-bond donors (Lipinski definition) is 1. The SMILES string of the molecule is CC=CC(=O)N[SiH](CCC)C(O[Si](C)(C)C)O[Si](C)(C)C. The lowest BCUT2D eigenvalue weighted by molar-refractivity contribution is -0.115. The molecule has 124 valence electrons. The summed E-state index contributed by atoms with van der Waals surface area (Å²) < 4.78 is 12.6. The summed E-state index contributed by atoms with van der Waals surface area (Å²) in [5, 5.41) is 0. The fraction of sp³-hybridized carbons (Fsp3) is 0.786. The molecular weight excluding hydrogens is 314 g/mol. The van der Waals surface area contributed by atoms with Crippen molar-refractivity contribution < 1.29 is 13.6 Å². The van der Waals surface area contributed by atoms with E-state index in [0.717, 1.165) is 12.5 Å². The summed E-state index contributed by atoms with van der Waals surface area (Å²) in [7, 11) is -5.10. The van der Waals surface area contributed by atoms with Gasteiger partial charge in [0, 0.05) is 0 Å². The van der Waals surface area contributed by atoms with Crippen LogP contribution in [0.5, 0.6) is 0 Å². The van der Waals surface area contributed by atoms with Gasteiger partial charge in [0.05, 0.1) is 0 Å². The monoisotopic (exact) mass is 347 g/mol. The van der Waals surface area contributed by atoms with E-state index in [0.29, 0.717) is 0 Å². The molecule has 0 aliphatic carbocycles. The van der Waals surface area contributed by atoms with Crippen LogP contribution in [0.4, 0.5) is 0 Å². The lowest BCUT2D eigenvalue weighted by Crippen LogP contribution is -2.55. The number of carbonyl (C=O) groups is 1. The van der Waals surface area contributed by atoms with Crippen LogP contribution in [0.2, 0.25) is 45.3 Å². The van der Waals surface area contributed by atoms with Crippen LogP contribution < -0.4 is 4.98 Å². The third-order valence-electron chi connectivity index (χ3n) is 2.51. The van der Waals surface area contributed by atoms with Crippen molar-refractivity contribution in [1.82, 2.24) is 4.98 Å². The summed E-state index contributed by atoms with van der Waals surface area (Å²) in [6, 6.07) is 0.989. The third kappa shape index (κ3) is 11.1. The van der Waals surface area contributed by atoms with Crippen LogP contribution in [0.25, 0.3) is 0 Å². The topological polar surface area (TPSA) is 47.6 Å². The number of allylic oxidation sites excluding steroid dienone is 1. The van der Waals surface area contributed by atoms with Gasteiger partial charge in [0.1, 0.15) is 5.91 Å². The van der Waals surface area contributed by atoms with E-state index < -0.39 is 25.6 Å². The molecule has 0 aromatic carbocycles. The maximum Gasteiger partial charge on any atom is 0.235 e. The molecule has 0 fully saturated rings. The van der Waals surface area contributed by atoms with Crippen molar-refractivity contribution in [3.05, 3.63) is 12.2 Å². The minimum absolute atomic E-state index is 0.0223. The maximum atomic E-state index is 11.9. The standard InChI is InChI=1S/C14H33NO3Si3/c1-9-11-13(16)15-19(12-10-2)14(17-20(3,4)5)18-21(6,7)8/h9,11,14,19H,10,12H2,1-8H3,(H,15,16). The summed E-state index contributed by atoms with van der Waals surface area (Å²) in [6.07, 6.45) is 4.38. The summed E-state index contributed by atoms with van der Waals surface area (Å²) in [5.74, 6) is -0.233. The summed E-state index contributed by atoms with van der Waals surface area (Å²) in [5.41, 5.74) is 0. The van der Waals surface area contributed by atoms with Gasteiger partial charge in [-0.2, -0.15) is 0 Å². The van der Waals surface area contributed by atoms with Crippen molar-refractivity contribution in [2.75, 3.05) is 0 Å². The molecule has 0 heterocycles. The van der Waals surface area contributed by atoms with E-state index in [-0.39, 0.29) is 11.8 Å². The van der Waals surface area contributed by atoms with Gasteiger partial charge >= 0.3 is 0 Å². The van der Waals surface area contributed by atoms with Crippen molar-refractivity contribution in [3.8, 4) is 0 Å². The predicted molar refractivity (Wildman–Crippen MR) is 97.9 cm³/mol. The number of carbonyl (C=O) groups excluding carboxylic acids is 1. The Labute approximate surface area is 134 Å². The Morgan fingerprint density at radius 1 is 1.14 bits per heavy atom. The molecule has 1 atom stereocenters. The zero-order valence-corrected chi connectivity index (χ0v) is 18.1. The fourth-order valence-corrected chi connectivity index (χ4v) is 8.84. The highest BCUT2D eigenvalue weighted by molar-refractivity contribution is 6.73. The first-order valence-corrected chi connectivity index (χ1v) is 16.6. The number of rotatable bonds is 9. The number of nitrogens with one attached hydrogen (secondary N) is 1. The first-order valence-electron chi connectivity index (χ1n) is 7.77. The zero-order chi connectivity index (χ0) is 16.7. The zero-order valence-electron chi connectivity index (χ0n) is 14.9. The van der Waals surface area contributed by atoms with Gasteiger partial charge < -0.3 is 13.8 Å². The molecule has 0 aromatic heterocycles. The Balaban J connectivity index is 5.11. The van der Waals surface area contributed by atoms with Crippen LogP contribution in [0, 0.1) is 0 Å². The molecule has 0 rings (SSSR count). The Kier molecular flexibility index (Phi) is 8.95. The summed E-state index contributed by atoms with van der Waals surface area (Å²) >= 11 is 0. The largest absolute Gasteiger partial charge is 0.395 e. The highest BCUT2D eigenvalue weighted by atomic mass is 28.4. The lowest BCUT2D eigenvalue weighted by Gasteiger charge is -2.35. The molecule has 0 radical (unpaired) electrons. The molecule has 0 aliphatic heterocycles. The van der Waals surface area contributed by atoms with Crippen LogP contribution in [0.3, 0.4) is 0 Å². The van der Waals surface area contributed by atoms with Crippen molar-refractivity contribution in [1.29, 1.82) is 0 Å². The van der Waals surface area contributed by atoms with Crippen LogP contribution in [-0.2, 0) is 13.6 Å². The van der Waals surface area contributed by atoms with Gasteiger partial charge in [-0.25, -0.2) is 0 Å². The summed E-state index contributed by atoms with van der Waals surface area (Å²) in [4.78, 5) is 15.1. The van der Waals surface area contributed by atoms with Gasteiger partial charge in [-0.15, -0.1) is 0 Å². The molecule has 1 N–H and O–H groups in total. The normalized spacial score (nSPS) is 14.7. The Morgan fingerprint density at radius 3 is 1.95 bits per heavy atom.